The van der Waals surface area contributed by atoms with E-state index in [0.717, 1.165) is 36.0 Å². The van der Waals surface area contributed by atoms with Crippen LogP contribution in [0.2, 0.25) is 5.02 Å². The van der Waals surface area contributed by atoms with Gasteiger partial charge < -0.3 is 10.1 Å². The van der Waals surface area contributed by atoms with Crippen LogP contribution in [-0.4, -0.2) is 24.2 Å². The number of hydrogen-bond donors (Lipinski definition) is 1. The Labute approximate surface area is 122 Å². The van der Waals surface area contributed by atoms with Crippen molar-refractivity contribution in [2.75, 3.05) is 18.5 Å². The molecule has 0 bridgehead atoms. The van der Waals surface area contributed by atoms with Crippen LogP contribution >= 0.6 is 11.6 Å². The molecular weight excluding hydrogens is 274 g/mol. The third-order valence-electron chi connectivity index (χ3n) is 3.46. The van der Waals surface area contributed by atoms with Crippen molar-refractivity contribution in [3.05, 3.63) is 35.0 Å². The largest absolute Gasteiger partial charge is 0.379 e. The summed E-state index contributed by atoms with van der Waals surface area (Å²) < 4.78 is 5.48. The fourth-order valence-electron chi connectivity index (χ4n) is 2.46. The molecule has 1 fully saturated rings. The molecule has 5 heteroatoms. The van der Waals surface area contributed by atoms with Crippen molar-refractivity contribution in [1.82, 2.24) is 4.98 Å². The Morgan fingerprint density at radius 1 is 1.45 bits per heavy atom. The zero-order valence-electron chi connectivity index (χ0n) is 10.9. The third-order valence-corrected chi connectivity index (χ3v) is 3.69. The Balaban J connectivity index is 2.05. The molecule has 2 aromatic rings. The summed E-state index contributed by atoms with van der Waals surface area (Å²) in [7, 11) is 0. The SMILES string of the molecule is N#Cc1cnc2ccc(Cl)cc2c1NC1CCCOC1. The van der Waals surface area contributed by atoms with Crippen molar-refractivity contribution >= 4 is 28.2 Å². The number of anilines is 1. The summed E-state index contributed by atoms with van der Waals surface area (Å²) >= 11 is 6.07. The topological polar surface area (TPSA) is 57.9 Å². The Bertz CT molecular complexity index is 675. The minimum atomic E-state index is 0.223. The molecule has 1 aliphatic heterocycles. The van der Waals surface area contributed by atoms with Gasteiger partial charge in [-0.3, -0.25) is 4.98 Å². The number of aromatic nitrogens is 1. The van der Waals surface area contributed by atoms with Crippen molar-refractivity contribution in [1.29, 1.82) is 5.26 Å². The van der Waals surface area contributed by atoms with Crippen molar-refractivity contribution in [2.45, 2.75) is 18.9 Å². The average molecular weight is 288 g/mol. The smallest absolute Gasteiger partial charge is 0.103 e. The second-order valence-corrected chi connectivity index (χ2v) is 5.31. The molecule has 20 heavy (non-hydrogen) atoms. The van der Waals surface area contributed by atoms with Gasteiger partial charge >= 0.3 is 0 Å². The Morgan fingerprint density at radius 2 is 2.35 bits per heavy atom. The number of benzene rings is 1. The zero-order chi connectivity index (χ0) is 13.9. The molecular formula is C15H14ClN3O. The van der Waals surface area contributed by atoms with E-state index in [2.05, 4.69) is 16.4 Å². The maximum absolute atomic E-state index is 9.28. The lowest BCUT2D eigenvalue weighted by Crippen LogP contribution is -2.30. The summed E-state index contributed by atoms with van der Waals surface area (Å²) in [6.45, 7) is 1.47. The molecule has 1 atom stereocenters. The summed E-state index contributed by atoms with van der Waals surface area (Å²) in [5.74, 6) is 0. The lowest BCUT2D eigenvalue weighted by Gasteiger charge is -2.25. The highest BCUT2D eigenvalue weighted by atomic mass is 35.5. The second-order valence-electron chi connectivity index (χ2n) is 4.88. The normalized spacial score (nSPS) is 18.7. The number of nitriles is 1. The molecule has 0 saturated carbocycles. The summed E-state index contributed by atoms with van der Waals surface area (Å²) in [6, 6.07) is 7.92. The molecule has 4 nitrogen and oxygen atoms in total. The predicted octanol–water partition coefficient (Wildman–Crippen LogP) is 3.35. The second kappa shape index (κ2) is 5.66. The summed E-state index contributed by atoms with van der Waals surface area (Å²) in [5, 5.41) is 14.2. The standard InChI is InChI=1S/C15H14ClN3O/c16-11-3-4-14-13(6-11)15(10(7-17)8-18-14)19-12-2-1-5-20-9-12/h3-4,6,8,12H,1-2,5,9H2,(H,18,19). The number of pyridine rings is 1. The van der Waals surface area contributed by atoms with Crippen molar-refractivity contribution < 1.29 is 4.74 Å². The van der Waals surface area contributed by atoms with Gasteiger partial charge in [-0.1, -0.05) is 11.6 Å². The van der Waals surface area contributed by atoms with Gasteiger partial charge in [0, 0.05) is 29.3 Å². The van der Waals surface area contributed by atoms with Gasteiger partial charge in [-0.15, -0.1) is 0 Å². The maximum Gasteiger partial charge on any atom is 0.103 e. The van der Waals surface area contributed by atoms with Gasteiger partial charge in [0.25, 0.3) is 0 Å². The van der Waals surface area contributed by atoms with E-state index < -0.39 is 0 Å². The number of nitrogens with one attached hydrogen (secondary N) is 1. The number of nitrogens with zero attached hydrogens (tertiary/aromatic N) is 2. The van der Waals surface area contributed by atoms with Gasteiger partial charge in [0.2, 0.25) is 0 Å². The first-order valence-corrected chi connectivity index (χ1v) is 6.98. The van der Waals surface area contributed by atoms with E-state index in [1.807, 2.05) is 12.1 Å². The van der Waals surface area contributed by atoms with Crippen LogP contribution < -0.4 is 5.32 Å². The van der Waals surface area contributed by atoms with Crippen LogP contribution in [0.15, 0.2) is 24.4 Å². The van der Waals surface area contributed by atoms with E-state index >= 15 is 0 Å². The minimum Gasteiger partial charge on any atom is -0.379 e. The zero-order valence-corrected chi connectivity index (χ0v) is 11.7. The van der Waals surface area contributed by atoms with E-state index in [1.54, 1.807) is 12.3 Å². The molecule has 0 spiro atoms. The predicted molar refractivity (Wildman–Crippen MR) is 78.9 cm³/mol. The highest BCUT2D eigenvalue weighted by molar-refractivity contribution is 6.31. The lowest BCUT2D eigenvalue weighted by molar-refractivity contribution is 0.0876. The van der Waals surface area contributed by atoms with E-state index in [9.17, 15) is 5.26 Å². The maximum atomic E-state index is 9.28. The fourth-order valence-corrected chi connectivity index (χ4v) is 2.64. The molecule has 1 aromatic heterocycles. The molecule has 102 valence electrons. The molecule has 1 aromatic carbocycles. The first kappa shape index (κ1) is 13.2. The molecule has 1 saturated heterocycles. The molecule has 2 heterocycles. The average Bonchev–Trinajstić information content (AvgIpc) is 2.49. The van der Waals surface area contributed by atoms with Crippen LogP contribution in [0, 0.1) is 11.3 Å². The molecule has 0 amide bonds. The quantitative estimate of drug-likeness (QED) is 0.920. The Hall–Kier alpha value is -1.83. The molecule has 0 radical (unpaired) electrons. The first-order chi connectivity index (χ1) is 9.78. The minimum absolute atomic E-state index is 0.223. The molecule has 3 rings (SSSR count). The van der Waals surface area contributed by atoms with Gasteiger partial charge in [0.15, 0.2) is 0 Å². The van der Waals surface area contributed by atoms with Crippen LogP contribution in [0.1, 0.15) is 18.4 Å². The fraction of sp³-hybridized carbons (Fsp3) is 0.333. The van der Waals surface area contributed by atoms with Crippen LogP contribution in [0.4, 0.5) is 5.69 Å². The summed E-state index contributed by atoms with van der Waals surface area (Å²) in [4.78, 5) is 4.29. The van der Waals surface area contributed by atoms with E-state index in [4.69, 9.17) is 16.3 Å². The third kappa shape index (κ3) is 2.55. The van der Waals surface area contributed by atoms with Crippen molar-refractivity contribution in [3.8, 4) is 6.07 Å². The molecule has 1 N–H and O–H groups in total. The molecule has 1 unspecified atom stereocenters. The van der Waals surface area contributed by atoms with Crippen LogP contribution in [0.3, 0.4) is 0 Å². The van der Waals surface area contributed by atoms with Crippen molar-refractivity contribution in [3.63, 3.8) is 0 Å². The van der Waals surface area contributed by atoms with E-state index in [1.165, 1.54) is 0 Å². The van der Waals surface area contributed by atoms with Crippen LogP contribution in [0.5, 0.6) is 0 Å². The highest BCUT2D eigenvalue weighted by Crippen LogP contribution is 2.29. The number of halogens is 1. The number of fused-ring (bicyclic) bond motifs is 1. The van der Waals surface area contributed by atoms with Crippen molar-refractivity contribution in [2.24, 2.45) is 0 Å². The number of ether oxygens (including phenoxy) is 1. The van der Waals surface area contributed by atoms with Crippen LogP contribution in [-0.2, 0) is 4.74 Å². The van der Waals surface area contributed by atoms with Gasteiger partial charge in [-0.25, -0.2) is 0 Å². The lowest BCUT2D eigenvalue weighted by atomic mass is 10.1. The van der Waals surface area contributed by atoms with Gasteiger partial charge in [-0.05, 0) is 31.0 Å². The first-order valence-electron chi connectivity index (χ1n) is 6.60. The van der Waals surface area contributed by atoms with E-state index in [-0.39, 0.29) is 6.04 Å². The summed E-state index contributed by atoms with van der Waals surface area (Å²) in [5.41, 5.74) is 2.16. The Morgan fingerprint density at radius 3 is 3.10 bits per heavy atom. The molecule has 1 aliphatic rings. The summed E-state index contributed by atoms with van der Waals surface area (Å²) in [6.07, 6.45) is 3.67. The van der Waals surface area contributed by atoms with Crippen LogP contribution in [0.25, 0.3) is 10.9 Å². The van der Waals surface area contributed by atoms with Gasteiger partial charge in [-0.2, -0.15) is 5.26 Å². The van der Waals surface area contributed by atoms with E-state index in [0.29, 0.717) is 17.2 Å². The highest BCUT2D eigenvalue weighted by Gasteiger charge is 2.17. The Kier molecular flexibility index (Phi) is 3.72. The molecule has 0 aliphatic carbocycles. The number of rotatable bonds is 2. The van der Waals surface area contributed by atoms with Gasteiger partial charge in [0.05, 0.1) is 23.4 Å². The van der Waals surface area contributed by atoms with Gasteiger partial charge in [0.1, 0.15) is 6.07 Å². The number of hydrogen-bond acceptors (Lipinski definition) is 4. The monoisotopic (exact) mass is 287 g/mol.